The first kappa shape index (κ1) is 43.3. The zero-order valence-electron chi connectivity index (χ0n) is 27.4. The number of hydrogen-bond acceptors (Lipinski definition) is 21. The number of rotatable bonds is 16. The van der Waals surface area contributed by atoms with Crippen LogP contribution in [0.25, 0.3) is 0 Å². The zero-order chi connectivity index (χ0) is 38.3. The SMILES string of the molecule is CC(=O)N[C@H]1[C@H](O[C@@H]([C@H](O[C@@H]2O[C@H](CO)[C@@H](O)[C@H](O)[C@@H]2O)[C@@H](CO)O[C@H]2O[C@H](CO)[C@@H](O)[C@H](O)[C@@H]2O)[C@H](C=O)NC(C)=O)O[C@H](CO)[C@@H](O)[C@@H]1O. The monoisotopic (exact) mass is 748 g/mol. The molecule has 23 nitrogen and oxygen atoms in total. The summed E-state index contributed by atoms with van der Waals surface area (Å²) in [5.74, 6) is -1.65. The van der Waals surface area contributed by atoms with Gasteiger partial charge in [0.15, 0.2) is 18.9 Å². The maximum absolute atomic E-state index is 12.6. The molecule has 19 atom stereocenters. The van der Waals surface area contributed by atoms with E-state index in [-0.39, 0.29) is 6.29 Å². The minimum absolute atomic E-state index is 0.100. The average Bonchev–Trinajstić information content (AvgIpc) is 3.10. The molecule has 51 heavy (non-hydrogen) atoms. The molecule has 296 valence electrons. The Balaban J connectivity index is 2.16. The first-order valence-electron chi connectivity index (χ1n) is 15.8. The van der Waals surface area contributed by atoms with Gasteiger partial charge < -0.3 is 105 Å². The van der Waals surface area contributed by atoms with Crippen LogP contribution >= 0.6 is 0 Å². The topological polar surface area (TPSA) is 373 Å². The van der Waals surface area contributed by atoms with Crippen molar-refractivity contribution in [1.29, 1.82) is 0 Å². The third-order valence-corrected chi connectivity index (χ3v) is 8.58. The van der Waals surface area contributed by atoms with Gasteiger partial charge in [-0.3, -0.25) is 9.59 Å². The number of aliphatic hydroxyl groups is 12. The molecule has 3 aliphatic heterocycles. The fraction of sp³-hybridized carbons (Fsp3) is 0.893. The summed E-state index contributed by atoms with van der Waals surface area (Å²) in [4.78, 5) is 36.9. The predicted octanol–water partition coefficient (Wildman–Crippen LogP) is -9.62. The highest BCUT2D eigenvalue weighted by Gasteiger charge is 2.53. The maximum atomic E-state index is 12.6. The Morgan fingerprint density at radius 1 is 0.608 bits per heavy atom. The summed E-state index contributed by atoms with van der Waals surface area (Å²) >= 11 is 0. The van der Waals surface area contributed by atoms with Crippen molar-refractivity contribution in [3.63, 3.8) is 0 Å². The Morgan fingerprint density at radius 2 is 1.04 bits per heavy atom. The Morgan fingerprint density at radius 3 is 1.45 bits per heavy atom. The highest BCUT2D eigenvalue weighted by atomic mass is 16.8. The minimum Gasteiger partial charge on any atom is -0.394 e. The van der Waals surface area contributed by atoms with E-state index in [1.807, 2.05) is 0 Å². The Bertz CT molecular complexity index is 1120. The lowest BCUT2D eigenvalue weighted by Crippen LogP contribution is -2.68. The molecule has 0 radical (unpaired) electrons. The van der Waals surface area contributed by atoms with Crippen LogP contribution in [0.3, 0.4) is 0 Å². The number of carbonyl (C=O) groups excluding carboxylic acids is 3. The van der Waals surface area contributed by atoms with E-state index in [0.29, 0.717) is 0 Å². The Hall–Kier alpha value is -2.11. The molecule has 0 bridgehead atoms. The van der Waals surface area contributed by atoms with Crippen molar-refractivity contribution in [2.45, 2.75) is 130 Å². The van der Waals surface area contributed by atoms with Crippen molar-refractivity contribution < 1.29 is 104 Å². The minimum atomic E-state index is -2.14. The van der Waals surface area contributed by atoms with Crippen LogP contribution in [-0.2, 0) is 42.8 Å². The van der Waals surface area contributed by atoms with E-state index in [0.717, 1.165) is 13.8 Å². The third kappa shape index (κ3) is 10.1. The molecule has 0 spiro atoms. The van der Waals surface area contributed by atoms with E-state index in [9.17, 15) is 75.7 Å². The Kier molecular flexibility index (Phi) is 16.4. The van der Waals surface area contributed by atoms with Crippen LogP contribution in [0, 0.1) is 0 Å². The maximum Gasteiger partial charge on any atom is 0.217 e. The molecule has 0 aromatic heterocycles. The second-order valence-corrected chi connectivity index (χ2v) is 12.2. The fourth-order valence-corrected chi connectivity index (χ4v) is 5.82. The molecule has 2 amide bonds. The summed E-state index contributed by atoms with van der Waals surface area (Å²) in [5.41, 5.74) is 0. The molecule has 14 N–H and O–H groups in total. The first-order valence-corrected chi connectivity index (χ1v) is 15.8. The van der Waals surface area contributed by atoms with Gasteiger partial charge in [-0.2, -0.15) is 0 Å². The van der Waals surface area contributed by atoms with E-state index < -0.39 is 155 Å². The smallest absolute Gasteiger partial charge is 0.217 e. The molecule has 3 rings (SSSR count). The van der Waals surface area contributed by atoms with Gasteiger partial charge in [0, 0.05) is 13.8 Å². The molecular formula is C28H48N2O21. The quantitative estimate of drug-likeness (QED) is 0.0651. The molecule has 3 heterocycles. The molecular weight excluding hydrogens is 700 g/mol. The molecule has 3 saturated heterocycles. The van der Waals surface area contributed by atoms with Crippen molar-refractivity contribution in [2.24, 2.45) is 0 Å². The number of nitrogens with one attached hydrogen (secondary N) is 2. The van der Waals surface area contributed by atoms with Crippen LogP contribution in [0.5, 0.6) is 0 Å². The van der Waals surface area contributed by atoms with Gasteiger partial charge in [-0.1, -0.05) is 0 Å². The van der Waals surface area contributed by atoms with Crippen molar-refractivity contribution in [3.05, 3.63) is 0 Å². The summed E-state index contributed by atoms with van der Waals surface area (Å²) in [6.45, 7) is -1.93. The first-order chi connectivity index (χ1) is 24.0. The summed E-state index contributed by atoms with van der Waals surface area (Å²) in [7, 11) is 0. The van der Waals surface area contributed by atoms with Crippen molar-refractivity contribution in [2.75, 3.05) is 26.4 Å². The van der Waals surface area contributed by atoms with Gasteiger partial charge in [-0.05, 0) is 0 Å². The number of aliphatic hydroxyl groups excluding tert-OH is 12. The highest BCUT2D eigenvalue weighted by molar-refractivity contribution is 5.77. The van der Waals surface area contributed by atoms with E-state index in [1.165, 1.54) is 0 Å². The van der Waals surface area contributed by atoms with E-state index in [4.69, 9.17) is 28.4 Å². The normalized spacial score (nSPS) is 41.2. The van der Waals surface area contributed by atoms with Crippen molar-refractivity contribution in [1.82, 2.24) is 10.6 Å². The van der Waals surface area contributed by atoms with Crippen LogP contribution in [0.15, 0.2) is 0 Å². The largest absolute Gasteiger partial charge is 0.394 e. The van der Waals surface area contributed by atoms with Gasteiger partial charge in [-0.25, -0.2) is 0 Å². The van der Waals surface area contributed by atoms with Crippen LogP contribution in [0.4, 0.5) is 0 Å². The molecule has 0 unspecified atom stereocenters. The van der Waals surface area contributed by atoms with Crippen LogP contribution in [-0.4, -0.2) is 222 Å². The van der Waals surface area contributed by atoms with E-state index in [1.54, 1.807) is 0 Å². The van der Waals surface area contributed by atoms with Gasteiger partial charge in [0.2, 0.25) is 11.8 Å². The Labute approximate surface area is 289 Å². The van der Waals surface area contributed by atoms with Gasteiger partial charge in [0.1, 0.15) is 104 Å². The number of ether oxygens (including phenoxy) is 6. The lowest BCUT2D eigenvalue weighted by Gasteiger charge is -2.47. The summed E-state index contributed by atoms with van der Waals surface area (Å²) < 4.78 is 34.0. The molecule has 0 saturated carbocycles. The lowest BCUT2D eigenvalue weighted by molar-refractivity contribution is -0.359. The predicted molar refractivity (Wildman–Crippen MR) is 158 cm³/mol. The van der Waals surface area contributed by atoms with E-state index in [2.05, 4.69) is 10.6 Å². The highest BCUT2D eigenvalue weighted by Crippen LogP contribution is 2.31. The van der Waals surface area contributed by atoms with Gasteiger partial charge in [0.25, 0.3) is 0 Å². The molecule has 0 aliphatic carbocycles. The fourth-order valence-electron chi connectivity index (χ4n) is 5.82. The molecule has 3 aliphatic rings. The lowest BCUT2D eigenvalue weighted by atomic mass is 9.95. The molecule has 3 fully saturated rings. The third-order valence-electron chi connectivity index (χ3n) is 8.58. The summed E-state index contributed by atoms with van der Waals surface area (Å²) in [6, 6.07) is -3.54. The van der Waals surface area contributed by atoms with E-state index >= 15 is 0 Å². The van der Waals surface area contributed by atoms with Gasteiger partial charge >= 0.3 is 0 Å². The van der Waals surface area contributed by atoms with Crippen molar-refractivity contribution in [3.8, 4) is 0 Å². The van der Waals surface area contributed by atoms with Crippen LogP contribution in [0.2, 0.25) is 0 Å². The van der Waals surface area contributed by atoms with Crippen LogP contribution < -0.4 is 10.6 Å². The van der Waals surface area contributed by atoms with Gasteiger partial charge in [-0.15, -0.1) is 0 Å². The summed E-state index contributed by atoms with van der Waals surface area (Å²) in [6.07, 6.45) is -32.4. The zero-order valence-corrected chi connectivity index (χ0v) is 27.4. The number of amides is 2. The van der Waals surface area contributed by atoms with Gasteiger partial charge in [0.05, 0.1) is 26.4 Å². The standard InChI is InChI=1S/C28H48N2O21/c1-8(36)29-10(3-31)24(50-26-15(30-9(2)37)19(41)16(38)11(4-32)46-26)25(51-28-23(45)21(43)18(40)13(6-34)48-28)14(7-35)49-27-22(44)20(42)17(39)12(5-33)47-27/h3,10-28,32-35,38-45H,4-7H2,1-2H3,(H,29,36)(H,30,37)/t10-,11+,12+,13+,14+,15+,16+,17+,18+,19+,20-,21-,22-,23-,24+,25+,26-,27+,28-/m0/s1. The second kappa shape index (κ2) is 19.3. The van der Waals surface area contributed by atoms with Crippen molar-refractivity contribution >= 4 is 18.1 Å². The number of carbonyl (C=O) groups is 3. The number of aldehydes is 1. The molecule has 23 heteroatoms. The number of hydrogen-bond donors (Lipinski definition) is 14. The second-order valence-electron chi connectivity index (χ2n) is 12.2. The average molecular weight is 749 g/mol. The molecule has 0 aromatic rings. The van der Waals surface area contributed by atoms with Crippen LogP contribution in [0.1, 0.15) is 13.8 Å². The summed E-state index contributed by atoms with van der Waals surface area (Å²) in [5, 5.41) is 128. The molecule has 0 aromatic carbocycles.